The second-order valence-corrected chi connectivity index (χ2v) is 22.0. The van der Waals surface area contributed by atoms with Gasteiger partial charge in [-0.2, -0.15) is 5.10 Å². The molecule has 0 saturated heterocycles. The van der Waals surface area contributed by atoms with Crippen LogP contribution in [0.3, 0.4) is 0 Å². The molecule has 5 aliphatic rings. The normalized spacial score (nSPS) is 23.9. The number of nitrogens with zero attached hydrogens (tertiary/aromatic N) is 8. The Morgan fingerprint density at radius 3 is 2.44 bits per heavy atom. The predicted octanol–water partition coefficient (Wildman–Crippen LogP) is 10.3. The van der Waals surface area contributed by atoms with Crippen LogP contribution in [0.5, 0.6) is 5.75 Å². The highest BCUT2D eigenvalue weighted by Gasteiger charge is 2.66. The molecule has 2 unspecified atom stereocenters. The molecule has 4 bridgehead atoms. The highest BCUT2D eigenvalue weighted by molar-refractivity contribution is 7.22. The number of para-hydroxylation sites is 1. The summed E-state index contributed by atoms with van der Waals surface area (Å²) in [6.07, 6.45) is 11.5. The third kappa shape index (κ3) is 9.22. The number of anilines is 4. The van der Waals surface area contributed by atoms with Gasteiger partial charge >= 0.3 is 5.97 Å². The number of esters is 1. The molecule has 5 heterocycles. The number of thiazole rings is 1. The van der Waals surface area contributed by atoms with E-state index in [0.29, 0.717) is 23.7 Å². The monoisotopic (exact) mass is 939 g/mol. The largest absolute Gasteiger partial charge is 0.497 e. The fraction of sp³-hybridized carbons (Fsp3) is 0.509. The Hall–Kier alpha value is -5.48. The Morgan fingerprint density at radius 2 is 1.68 bits per heavy atom. The van der Waals surface area contributed by atoms with Crippen LogP contribution >= 0.6 is 11.3 Å². The standard InChI is InChI=1S/C53H65N9O5S/c1-35-39-12-10-22-61(47(39)59-58-46(35)57-49-55-42-13-8-9-14-43(42)68-49)44-20-19-40(45(56-44)48(63)66-27-37-15-17-38(65-7)18-16-37)41-26-54-62(36(41)2)34-52-29-50(3)28-51(4,30-52)32-53(31-50,33-52)67-25-23-60(5)21-11-24-64-6/h8-9,13-20,26H,10-12,21-25,27-34H2,1-7H3,(H,55,57,58). The number of ether oxygens (including phenoxy) is 4. The number of rotatable bonds is 18. The Bertz CT molecular complexity index is 2760. The molecule has 68 heavy (non-hydrogen) atoms. The summed E-state index contributed by atoms with van der Waals surface area (Å²) in [5.41, 5.74) is 7.01. The molecule has 4 fully saturated rings. The molecular formula is C53H65N9O5S. The zero-order valence-electron chi connectivity index (χ0n) is 40.7. The number of nitrogens with one attached hydrogen (secondary N) is 1. The van der Waals surface area contributed by atoms with Crippen LogP contribution in [-0.4, -0.2) is 101 Å². The Labute approximate surface area is 403 Å². The number of hydrogen-bond acceptors (Lipinski definition) is 14. The van der Waals surface area contributed by atoms with Crippen LogP contribution < -0.4 is 15.0 Å². The van der Waals surface area contributed by atoms with Gasteiger partial charge in [0.25, 0.3) is 0 Å². The van der Waals surface area contributed by atoms with Crippen molar-refractivity contribution in [2.75, 3.05) is 64.3 Å². The number of fused-ring (bicyclic) bond motifs is 2. The van der Waals surface area contributed by atoms with Crippen LogP contribution in [0.1, 0.15) is 98.1 Å². The lowest BCUT2D eigenvalue weighted by Gasteiger charge is -2.69. The average molecular weight is 940 g/mol. The number of carbonyl (C=O) groups excluding carboxylic acids is 1. The van der Waals surface area contributed by atoms with Gasteiger partial charge in [0.1, 0.15) is 18.2 Å². The zero-order valence-corrected chi connectivity index (χ0v) is 41.5. The number of pyridine rings is 1. The van der Waals surface area contributed by atoms with Crippen LogP contribution in [0, 0.1) is 30.1 Å². The van der Waals surface area contributed by atoms with Gasteiger partial charge in [-0.3, -0.25) is 4.68 Å². The maximum absolute atomic E-state index is 14.5. The molecule has 2 atom stereocenters. The van der Waals surface area contributed by atoms with E-state index in [-0.39, 0.29) is 34.1 Å². The lowest BCUT2D eigenvalue weighted by molar-refractivity contribution is -0.248. The summed E-state index contributed by atoms with van der Waals surface area (Å²) in [7, 11) is 5.58. The summed E-state index contributed by atoms with van der Waals surface area (Å²) in [5.74, 6) is 2.25. The minimum absolute atomic E-state index is 0.0451. The number of likely N-dealkylation sites (N-methyl/N-ethyl adjacent to an activating group) is 1. The number of benzene rings is 2. The third-order valence-corrected chi connectivity index (χ3v) is 16.0. The van der Waals surface area contributed by atoms with Gasteiger partial charge in [0.2, 0.25) is 0 Å². The molecule has 1 N–H and O–H groups in total. The molecule has 0 radical (unpaired) electrons. The Morgan fingerprint density at radius 1 is 0.882 bits per heavy atom. The van der Waals surface area contributed by atoms with Gasteiger partial charge in [0, 0.05) is 67.8 Å². The number of methoxy groups -OCH3 is 2. The van der Waals surface area contributed by atoms with E-state index < -0.39 is 5.97 Å². The molecule has 15 heteroatoms. The maximum Gasteiger partial charge on any atom is 0.358 e. The van der Waals surface area contributed by atoms with Gasteiger partial charge in [-0.25, -0.2) is 14.8 Å². The number of aromatic nitrogens is 6. The summed E-state index contributed by atoms with van der Waals surface area (Å²) < 4.78 is 27.1. The van der Waals surface area contributed by atoms with Gasteiger partial charge in [0.05, 0.1) is 35.7 Å². The molecule has 0 amide bonds. The highest BCUT2D eigenvalue weighted by Crippen LogP contribution is 2.72. The van der Waals surface area contributed by atoms with Crippen LogP contribution in [0.4, 0.5) is 22.6 Å². The van der Waals surface area contributed by atoms with E-state index in [1.54, 1.807) is 25.6 Å². The van der Waals surface area contributed by atoms with E-state index in [9.17, 15) is 4.79 Å². The van der Waals surface area contributed by atoms with Crippen molar-refractivity contribution >= 4 is 50.1 Å². The van der Waals surface area contributed by atoms with E-state index >= 15 is 0 Å². The fourth-order valence-electron chi connectivity index (χ4n) is 13.2. The van der Waals surface area contributed by atoms with E-state index in [1.807, 2.05) is 60.8 Å². The SMILES string of the molecule is COCCCN(C)CCOC12CC3(C)CC(C)(CC(Cn4ncc(-c5ccc(N6CCCc7c6nnc(Nc6nc8ccccc8s6)c7C)nc5C(=O)OCc5ccc(OC)cc5)c4C)(C3)C1)C2. The quantitative estimate of drug-likeness (QED) is 0.0646. The Kier molecular flexibility index (Phi) is 12.5. The van der Waals surface area contributed by atoms with Crippen molar-refractivity contribution in [1.82, 2.24) is 34.8 Å². The summed E-state index contributed by atoms with van der Waals surface area (Å²) in [6.45, 7) is 14.2. The van der Waals surface area contributed by atoms with Crippen molar-refractivity contribution in [2.45, 2.75) is 104 Å². The molecule has 358 valence electrons. The molecule has 4 aliphatic carbocycles. The van der Waals surface area contributed by atoms with Crippen LogP contribution in [-0.2, 0) is 33.8 Å². The van der Waals surface area contributed by atoms with Gasteiger partial charge in [-0.15, -0.1) is 10.2 Å². The highest BCUT2D eigenvalue weighted by atomic mass is 32.1. The summed E-state index contributed by atoms with van der Waals surface area (Å²) >= 11 is 1.59. The van der Waals surface area contributed by atoms with E-state index in [2.05, 4.69) is 65.7 Å². The molecule has 11 rings (SSSR count). The topological polar surface area (TPSA) is 142 Å². The van der Waals surface area contributed by atoms with Crippen molar-refractivity contribution in [2.24, 2.45) is 16.2 Å². The van der Waals surface area contributed by atoms with Crippen molar-refractivity contribution in [3.05, 3.63) is 94.9 Å². The molecule has 4 aromatic heterocycles. The molecule has 2 aromatic carbocycles. The summed E-state index contributed by atoms with van der Waals surface area (Å²) in [4.78, 5) is 28.8. The van der Waals surface area contributed by atoms with Gasteiger partial charge in [-0.1, -0.05) is 49.4 Å². The Balaban J connectivity index is 0.935. The second kappa shape index (κ2) is 18.4. The van der Waals surface area contributed by atoms with Crippen molar-refractivity contribution in [3.63, 3.8) is 0 Å². The lowest BCUT2D eigenvalue weighted by atomic mass is 9.39. The van der Waals surface area contributed by atoms with Crippen molar-refractivity contribution < 1.29 is 23.7 Å². The predicted molar refractivity (Wildman–Crippen MR) is 266 cm³/mol. The number of carbonyl (C=O) groups is 1. The fourth-order valence-corrected chi connectivity index (χ4v) is 14.1. The van der Waals surface area contributed by atoms with Crippen LogP contribution in [0.15, 0.2) is 66.9 Å². The molecule has 14 nitrogen and oxygen atoms in total. The first-order valence-electron chi connectivity index (χ1n) is 24.2. The van der Waals surface area contributed by atoms with Crippen molar-refractivity contribution in [1.29, 1.82) is 0 Å². The zero-order chi connectivity index (χ0) is 47.3. The van der Waals surface area contributed by atoms with E-state index in [4.69, 9.17) is 39.1 Å². The minimum Gasteiger partial charge on any atom is -0.497 e. The van der Waals surface area contributed by atoms with Crippen LogP contribution in [0.2, 0.25) is 0 Å². The minimum atomic E-state index is -0.509. The molecular weight excluding hydrogens is 875 g/mol. The van der Waals surface area contributed by atoms with Gasteiger partial charge in [-0.05, 0) is 137 Å². The van der Waals surface area contributed by atoms with Gasteiger partial charge < -0.3 is 34.1 Å². The second-order valence-electron chi connectivity index (χ2n) is 21.0. The third-order valence-electron chi connectivity index (χ3n) is 15.1. The number of hydrogen-bond donors (Lipinski definition) is 1. The molecule has 0 spiro atoms. The first-order chi connectivity index (χ1) is 32.8. The van der Waals surface area contributed by atoms with Crippen molar-refractivity contribution in [3.8, 4) is 16.9 Å². The smallest absolute Gasteiger partial charge is 0.358 e. The molecule has 1 aliphatic heterocycles. The van der Waals surface area contributed by atoms with E-state index in [0.717, 1.165) is 139 Å². The molecule has 6 aromatic rings. The lowest BCUT2D eigenvalue weighted by Crippen LogP contribution is -2.64. The first kappa shape index (κ1) is 46.3. The summed E-state index contributed by atoms with van der Waals surface area (Å²) in [5, 5.41) is 18.8. The van der Waals surface area contributed by atoms with Gasteiger partial charge in [0.15, 0.2) is 22.5 Å². The van der Waals surface area contributed by atoms with Crippen LogP contribution in [0.25, 0.3) is 21.3 Å². The molecule has 4 saturated carbocycles. The first-order valence-corrected chi connectivity index (χ1v) is 25.0. The maximum atomic E-state index is 14.5. The van der Waals surface area contributed by atoms with E-state index in [1.165, 1.54) is 6.42 Å². The summed E-state index contributed by atoms with van der Waals surface area (Å²) in [6, 6.07) is 19.6. The average Bonchev–Trinajstić information content (AvgIpc) is 3.89.